The summed E-state index contributed by atoms with van der Waals surface area (Å²) in [6.45, 7) is 1.44. The lowest BCUT2D eigenvalue weighted by Gasteiger charge is -2.15. The molecule has 13 heteroatoms. The standard InChI is InChI=1S/C23H19Cl2F3N4O4/c1-12(11-31-19(13-2-3-13)10-21(30-31)23(26,27)28)22(33)29-15-7-16(32(34)35)9-17(8-15)36-20-5-4-14(24)6-18(20)25/h4-10,12-13H,2-3,11H2,1H3,(H,29,33). The van der Waals surface area contributed by atoms with Crippen LogP contribution in [0.15, 0.2) is 42.5 Å². The van der Waals surface area contributed by atoms with Crippen molar-refractivity contribution in [3.63, 3.8) is 0 Å². The minimum Gasteiger partial charge on any atom is -0.455 e. The highest BCUT2D eigenvalue weighted by Gasteiger charge is 2.38. The van der Waals surface area contributed by atoms with E-state index < -0.39 is 28.6 Å². The van der Waals surface area contributed by atoms with Crippen LogP contribution >= 0.6 is 23.2 Å². The molecule has 1 atom stereocenters. The molecule has 8 nitrogen and oxygen atoms in total. The Morgan fingerprint density at radius 2 is 1.97 bits per heavy atom. The summed E-state index contributed by atoms with van der Waals surface area (Å²) in [5, 5.41) is 18.2. The SMILES string of the molecule is CC(Cn1nc(C(F)(F)F)cc1C1CC1)C(=O)Nc1cc(Oc2ccc(Cl)cc2Cl)cc([N+](=O)[O-])c1. The molecule has 1 aliphatic rings. The zero-order chi connectivity index (χ0) is 26.2. The van der Waals surface area contributed by atoms with E-state index in [2.05, 4.69) is 10.4 Å². The van der Waals surface area contributed by atoms with Crippen LogP contribution in [0.3, 0.4) is 0 Å². The molecule has 1 N–H and O–H groups in total. The second kappa shape index (κ2) is 9.98. The van der Waals surface area contributed by atoms with Crippen LogP contribution in [-0.4, -0.2) is 20.6 Å². The molecule has 1 fully saturated rings. The van der Waals surface area contributed by atoms with Crippen LogP contribution in [0.2, 0.25) is 10.0 Å². The number of ether oxygens (including phenoxy) is 1. The predicted molar refractivity (Wildman–Crippen MR) is 127 cm³/mol. The third-order valence-electron chi connectivity index (χ3n) is 5.48. The molecule has 0 radical (unpaired) electrons. The van der Waals surface area contributed by atoms with Gasteiger partial charge in [0, 0.05) is 28.8 Å². The van der Waals surface area contributed by atoms with Gasteiger partial charge in [0.25, 0.3) is 5.69 Å². The Balaban J connectivity index is 1.52. The smallest absolute Gasteiger partial charge is 0.435 e. The number of hydrogen-bond acceptors (Lipinski definition) is 5. The first-order chi connectivity index (χ1) is 16.9. The molecule has 1 aromatic heterocycles. The van der Waals surface area contributed by atoms with E-state index in [9.17, 15) is 28.1 Å². The van der Waals surface area contributed by atoms with Crippen LogP contribution in [0.25, 0.3) is 0 Å². The lowest BCUT2D eigenvalue weighted by atomic mass is 10.1. The zero-order valence-corrected chi connectivity index (χ0v) is 20.2. The summed E-state index contributed by atoms with van der Waals surface area (Å²) in [6, 6.07) is 9.15. The molecule has 36 heavy (non-hydrogen) atoms. The Hall–Kier alpha value is -3.31. The van der Waals surface area contributed by atoms with Crippen LogP contribution in [0, 0.1) is 16.0 Å². The minimum atomic E-state index is -4.59. The van der Waals surface area contributed by atoms with Gasteiger partial charge in [0.05, 0.1) is 34.2 Å². The van der Waals surface area contributed by atoms with Crippen molar-refractivity contribution in [1.82, 2.24) is 9.78 Å². The third-order valence-corrected chi connectivity index (χ3v) is 6.01. The summed E-state index contributed by atoms with van der Waals surface area (Å²) in [7, 11) is 0. The van der Waals surface area contributed by atoms with Crippen molar-refractivity contribution in [2.45, 2.75) is 38.4 Å². The molecule has 1 unspecified atom stereocenters. The number of halogens is 5. The highest BCUT2D eigenvalue weighted by molar-refractivity contribution is 6.35. The number of benzene rings is 2. The van der Waals surface area contributed by atoms with Gasteiger partial charge in [-0.25, -0.2) is 0 Å². The van der Waals surface area contributed by atoms with E-state index in [0.29, 0.717) is 10.7 Å². The van der Waals surface area contributed by atoms with Crippen molar-refractivity contribution >= 4 is 40.5 Å². The monoisotopic (exact) mass is 542 g/mol. The number of non-ortho nitro benzene ring substituents is 1. The highest BCUT2D eigenvalue weighted by atomic mass is 35.5. The van der Waals surface area contributed by atoms with Gasteiger partial charge in [-0.15, -0.1) is 0 Å². The Bertz CT molecular complexity index is 1330. The van der Waals surface area contributed by atoms with Gasteiger partial charge in [-0.05, 0) is 37.1 Å². The number of hydrogen-bond donors (Lipinski definition) is 1. The van der Waals surface area contributed by atoms with Crippen LogP contribution in [-0.2, 0) is 17.5 Å². The molecular weight excluding hydrogens is 524 g/mol. The van der Waals surface area contributed by atoms with Crippen LogP contribution in [0.1, 0.15) is 37.1 Å². The van der Waals surface area contributed by atoms with E-state index in [1.807, 2.05) is 0 Å². The lowest BCUT2D eigenvalue weighted by Crippen LogP contribution is -2.25. The van der Waals surface area contributed by atoms with E-state index in [0.717, 1.165) is 31.0 Å². The quantitative estimate of drug-likeness (QED) is 0.242. The van der Waals surface area contributed by atoms with Gasteiger partial charge in [-0.3, -0.25) is 19.6 Å². The average molecular weight is 543 g/mol. The van der Waals surface area contributed by atoms with Crippen molar-refractivity contribution in [2.75, 3.05) is 5.32 Å². The van der Waals surface area contributed by atoms with E-state index in [1.165, 1.54) is 35.9 Å². The largest absolute Gasteiger partial charge is 0.455 e. The zero-order valence-electron chi connectivity index (χ0n) is 18.7. The van der Waals surface area contributed by atoms with Gasteiger partial charge < -0.3 is 10.1 Å². The molecule has 4 rings (SSSR count). The number of rotatable bonds is 8. The van der Waals surface area contributed by atoms with Gasteiger partial charge in [-0.2, -0.15) is 18.3 Å². The van der Waals surface area contributed by atoms with Crippen molar-refractivity contribution in [1.29, 1.82) is 0 Å². The van der Waals surface area contributed by atoms with E-state index in [4.69, 9.17) is 27.9 Å². The van der Waals surface area contributed by atoms with Crippen molar-refractivity contribution in [3.8, 4) is 11.5 Å². The molecule has 2 aromatic carbocycles. The third kappa shape index (κ3) is 6.08. The Kier molecular flexibility index (Phi) is 7.14. The second-order valence-corrected chi connectivity index (χ2v) is 9.29. The van der Waals surface area contributed by atoms with Crippen molar-refractivity contribution < 1.29 is 27.6 Å². The highest BCUT2D eigenvalue weighted by Crippen LogP contribution is 2.42. The fourth-order valence-electron chi connectivity index (χ4n) is 3.54. The fraction of sp³-hybridized carbons (Fsp3) is 0.304. The second-order valence-electron chi connectivity index (χ2n) is 8.45. The molecule has 0 bridgehead atoms. The number of nitro groups is 1. The molecule has 0 saturated heterocycles. The number of nitro benzene ring substituents is 1. The molecule has 1 heterocycles. The Morgan fingerprint density at radius 1 is 1.25 bits per heavy atom. The Morgan fingerprint density at radius 3 is 2.58 bits per heavy atom. The summed E-state index contributed by atoms with van der Waals surface area (Å²) in [5.74, 6) is -1.14. The normalized spacial score (nSPS) is 14.4. The number of nitrogens with zero attached hydrogens (tertiary/aromatic N) is 3. The molecule has 1 saturated carbocycles. The number of anilines is 1. The van der Waals surface area contributed by atoms with Crippen LogP contribution in [0.4, 0.5) is 24.5 Å². The molecule has 190 valence electrons. The number of aromatic nitrogens is 2. The maximum atomic E-state index is 13.2. The summed E-state index contributed by atoms with van der Waals surface area (Å²) >= 11 is 12.0. The number of nitrogens with one attached hydrogen (secondary N) is 1. The van der Waals surface area contributed by atoms with E-state index in [1.54, 1.807) is 0 Å². The molecule has 1 aliphatic carbocycles. The number of alkyl halides is 3. The van der Waals surface area contributed by atoms with Gasteiger partial charge in [0.2, 0.25) is 5.91 Å². The lowest BCUT2D eigenvalue weighted by molar-refractivity contribution is -0.384. The molecule has 3 aromatic rings. The topological polar surface area (TPSA) is 99.3 Å². The van der Waals surface area contributed by atoms with Crippen molar-refractivity contribution in [3.05, 3.63) is 74.0 Å². The van der Waals surface area contributed by atoms with Gasteiger partial charge in [-0.1, -0.05) is 30.1 Å². The predicted octanol–water partition coefficient (Wildman–Crippen LogP) is 7.06. The summed E-state index contributed by atoms with van der Waals surface area (Å²) in [5.41, 5.74) is -0.843. The first kappa shape index (κ1) is 25.8. The van der Waals surface area contributed by atoms with Crippen LogP contribution in [0.5, 0.6) is 11.5 Å². The molecule has 0 spiro atoms. The fourth-order valence-corrected chi connectivity index (χ4v) is 3.98. The van der Waals surface area contributed by atoms with Gasteiger partial charge >= 0.3 is 6.18 Å². The summed E-state index contributed by atoms with van der Waals surface area (Å²) in [6.07, 6.45) is -3.07. The van der Waals surface area contributed by atoms with Gasteiger partial charge in [0.1, 0.15) is 11.5 Å². The molecule has 1 amide bonds. The minimum absolute atomic E-state index is 0.0139. The average Bonchev–Trinajstić information content (AvgIpc) is 3.54. The number of carbonyl (C=O) groups excluding carboxylic acids is 1. The first-order valence-electron chi connectivity index (χ1n) is 10.8. The maximum Gasteiger partial charge on any atom is 0.435 e. The van der Waals surface area contributed by atoms with Crippen molar-refractivity contribution in [2.24, 2.45) is 5.92 Å². The number of amides is 1. The van der Waals surface area contributed by atoms with Gasteiger partial charge in [0.15, 0.2) is 5.69 Å². The maximum absolute atomic E-state index is 13.2. The van der Waals surface area contributed by atoms with Crippen LogP contribution < -0.4 is 10.1 Å². The Labute approximate surface area is 213 Å². The molecular formula is C23H19Cl2F3N4O4. The first-order valence-corrected chi connectivity index (χ1v) is 11.5. The summed E-state index contributed by atoms with van der Waals surface area (Å²) in [4.78, 5) is 23.6. The summed E-state index contributed by atoms with van der Waals surface area (Å²) < 4.78 is 46.3. The number of carbonyl (C=O) groups is 1. The molecule has 0 aliphatic heterocycles. The van der Waals surface area contributed by atoms with E-state index in [-0.39, 0.29) is 40.4 Å². The van der Waals surface area contributed by atoms with E-state index >= 15 is 0 Å².